The van der Waals surface area contributed by atoms with Crippen molar-refractivity contribution >= 4 is 55.1 Å². The molecule has 0 spiro atoms. The van der Waals surface area contributed by atoms with Crippen LogP contribution in [0.5, 0.6) is 5.75 Å². The fourth-order valence-corrected chi connectivity index (χ4v) is 7.51. The highest BCUT2D eigenvalue weighted by atomic mass is 79.9. The summed E-state index contributed by atoms with van der Waals surface area (Å²) < 4.78 is 35.1. The van der Waals surface area contributed by atoms with E-state index in [9.17, 15) is 18.0 Å². The summed E-state index contributed by atoms with van der Waals surface area (Å²) in [7, 11) is -2.72. The van der Waals surface area contributed by atoms with Crippen LogP contribution < -0.4 is 14.4 Å². The molecule has 3 aromatic rings. The van der Waals surface area contributed by atoms with E-state index in [1.54, 1.807) is 54.6 Å². The van der Waals surface area contributed by atoms with E-state index >= 15 is 0 Å². The summed E-state index contributed by atoms with van der Waals surface area (Å²) in [6.45, 7) is 3.36. The number of hydrogen-bond donors (Lipinski definition) is 1. The second-order valence-corrected chi connectivity index (χ2v) is 13.9. The third kappa shape index (κ3) is 8.10. The van der Waals surface area contributed by atoms with Crippen LogP contribution in [-0.4, -0.2) is 50.9 Å². The Kier molecular flexibility index (Phi) is 11.1. The van der Waals surface area contributed by atoms with Gasteiger partial charge in [0.15, 0.2) is 0 Å². The van der Waals surface area contributed by atoms with Gasteiger partial charge in [0.05, 0.1) is 22.2 Å². The Morgan fingerprint density at radius 1 is 1.05 bits per heavy atom. The van der Waals surface area contributed by atoms with Crippen LogP contribution in [0.25, 0.3) is 0 Å². The number of carbonyl (C=O) groups is 2. The van der Waals surface area contributed by atoms with Crippen molar-refractivity contribution in [2.75, 3.05) is 18.0 Å². The minimum absolute atomic E-state index is 0.0104. The van der Waals surface area contributed by atoms with Crippen LogP contribution in [0, 0.1) is 6.92 Å². The number of nitrogens with zero attached hydrogens (tertiary/aromatic N) is 2. The number of aryl methyl sites for hydroxylation is 1. The molecule has 1 aliphatic carbocycles. The number of benzene rings is 3. The number of nitrogens with one attached hydrogen (secondary N) is 1. The minimum atomic E-state index is -4.21. The molecular weight excluding hydrogens is 654 g/mol. The Morgan fingerprint density at radius 2 is 1.70 bits per heavy atom. The molecule has 0 saturated heterocycles. The molecule has 1 atom stereocenters. The third-order valence-corrected chi connectivity index (χ3v) is 10.3. The molecule has 0 radical (unpaired) electrons. The molecule has 0 bridgehead atoms. The lowest BCUT2D eigenvalue weighted by molar-refractivity contribution is -0.140. The Balaban J connectivity index is 1.72. The smallest absolute Gasteiger partial charge is 0.264 e. The molecule has 43 heavy (non-hydrogen) atoms. The molecule has 230 valence electrons. The van der Waals surface area contributed by atoms with E-state index in [0.717, 1.165) is 41.1 Å². The standard InChI is InChI=1S/C32H37BrClN3O5S/c1-4-29(32(39)35-25-7-5-6-8-25)36(20-23-11-13-24(34)14-12-23)31(38)21-37(26-15-9-22(2)10-16-26)43(40,41)27-17-18-30(42-3)28(33)19-27/h9-19,25,29H,4-8,20-21H2,1-3H3,(H,35,39). The highest BCUT2D eigenvalue weighted by Gasteiger charge is 2.34. The second-order valence-electron chi connectivity index (χ2n) is 10.7. The average molecular weight is 691 g/mol. The summed E-state index contributed by atoms with van der Waals surface area (Å²) in [6.07, 6.45) is 4.29. The summed E-state index contributed by atoms with van der Waals surface area (Å²) in [5, 5.41) is 3.67. The van der Waals surface area contributed by atoms with Crippen LogP contribution in [0.1, 0.15) is 50.2 Å². The molecule has 0 heterocycles. The number of methoxy groups -OCH3 is 1. The molecule has 2 amide bonds. The Morgan fingerprint density at radius 3 is 2.28 bits per heavy atom. The van der Waals surface area contributed by atoms with Crippen LogP contribution in [0.2, 0.25) is 5.02 Å². The number of amides is 2. The quantitative estimate of drug-likeness (QED) is 0.235. The van der Waals surface area contributed by atoms with Crippen molar-refractivity contribution in [1.29, 1.82) is 0 Å². The van der Waals surface area contributed by atoms with Crippen LogP contribution in [0.3, 0.4) is 0 Å². The first-order valence-electron chi connectivity index (χ1n) is 14.3. The van der Waals surface area contributed by atoms with Crippen molar-refractivity contribution in [3.63, 3.8) is 0 Å². The zero-order valence-electron chi connectivity index (χ0n) is 24.6. The van der Waals surface area contributed by atoms with Crippen LogP contribution in [0.15, 0.2) is 76.1 Å². The van der Waals surface area contributed by atoms with Gasteiger partial charge in [0.1, 0.15) is 18.3 Å². The molecule has 8 nitrogen and oxygen atoms in total. The van der Waals surface area contributed by atoms with Gasteiger partial charge in [-0.25, -0.2) is 8.42 Å². The molecule has 1 aliphatic rings. The van der Waals surface area contributed by atoms with E-state index in [2.05, 4.69) is 21.2 Å². The topological polar surface area (TPSA) is 96.0 Å². The number of carbonyl (C=O) groups excluding carboxylic acids is 2. The molecule has 4 rings (SSSR count). The maximum Gasteiger partial charge on any atom is 0.264 e. The number of ether oxygens (including phenoxy) is 1. The van der Waals surface area contributed by atoms with E-state index in [1.165, 1.54) is 24.1 Å². The number of hydrogen-bond acceptors (Lipinski definition) is 5. The van der Waals surface area contributed by atoms with Gasteiger partial charge in [-0.15, -0.1) is 0 Å². The zero-order chi connectivity index (χ0) is 31.1. The van der Waals surface area contributed by atoms with E-state index in [1.807, 2.05) is 13.8 Å². The maximum absolute atomic E-state index is 14.2. The minimum Gasteiger partial charge on any atom is -0.496 e. The van der Waals surface area contributed by atoms with Crippen LogP contribution >= 0.6 is 27.5 Å². The Hall–Kier alpha value is -3.08. The SMILES string of the molecule is CCC(C(=O)NC1CCCC1)N(Cc1ccc(Cl)cc1)C(=O)CN(c1ccc(C)cc1)S(=O)(=O)c1ccc(OC)c(Br)c1. The van der Waals surface area contributed by atoms with Gasteiger partial charge in [0.25, 0.3) is 10.0 Å². The van der Waals surface area contributed by atoms with E-state index in [-0.39, 0.29) is 23.4 Å². The van der Waals surface area contributed by atoms with Gasteiger partial charge in [0, 0.05) is 17.6 Å². The van der Waals surface area contributed by atoms with Crippen molar-refractivity contribution in [1.82, 2.24) is 10.2 Å². The van der Waals surface area contributed by atoms with Crippen molar-refractivity contribution in [2.45, 2.75) is 69.5 Å². The molecule has 3 aromatic carbocycles. The number of halogens is 2. The molecule has 1 unspecified atom stereocenters. The first-order chi connectivity index (χ1) is 20.5. The lowest BCUT2D eigenvalue weighted by Gasteiger charge is -2.34. The molecule has 1 N–H and O–H groups in total. The lowest BCUT2D eigenvalue weighted by atomic mass is 10.1. The predicted molar refractivity (Wildman–Crippen MR) is 173 cm³/mol. The molecule has 0 aromatic heterocycles. The van der Waals surface area contributed by atoms with Gasteiger partial charge < -0.3 is 15.0 Å². The molecule has 0 aliphatic heterocycles. The Bertz CT molecular complexity index is 1530. The number of sulfonamides is 1. The van der Waals surface area contributed by atoms with Crippen molar-refractivity contribution in [3.8, 4) is 5.75 Å². The normalized spacial score (nSPS) is 14.3. The monoisotopic (exact) mass is 689 g/mol. The van der Waals surface area contributed by atoms with Crippen molar-refractivity contribution < 1.29 is 22.7 Å². The fraction of sp³-hybridized carbons (Fsp3) is 0.375. The van der Waals surface area contributed by atoms with Crippen LogP contribution in [-0.2, 0) is 26.2 Å². The maximum atomic E-state index is 14.2. The highest BCUT2D eigenvalue weighted by Crippen LogP contribution is 2.31. The number of anilines is 1. The summed E-state index contributed by atoms with van der Waals surface area (Å²) in [6, 6.07) is 17.7. The summed E-state index contributed by atoms with van der Waals surface area (Å²) in [4.78, 5) is 29.3. The Labute approximate surface area is 267 Å². The summed E-state index contributed by atoms with van der Waals surface area (Å²) in [5.41, 5.74) is 2.05. The predicted octanol–water partition coefficient (Wildman–Crippen LogP) is 6.48. The van der Waals surface area contributed by atoms with Crippen LogP contribution in [0.4, 0.5) is 5.69 Å². The number of rotatable bonds is 12. The van der Waals surface area contributed by atoms with E-state index in [0.29, 0.717) is 27.4 Å². The first kappa shape index (κ1) is 32.8. The van der Waals surface area contributed by atoms with E-state index < -0.39 is 28.5 Å². The largest absolute Gasteiger partial charge is 0.496 e. The van der Waals surface area contributed by atoms with E-state index in [4.69, 9.17) is 16.3 Å². The van der Waals surface area contributed by atoms with Gasteiger partial charge in [-0.1, -0.05) is 61.2 Å². The highest BCUT2D eigenvalue weighted by molar-refractivity contribution is 9.10. The third-order valence-electron chi connectivity index (χ3n) is 7.67. The van der Waals surface area contributed by atoms with Crippen molar-refractivity contribution in [3.05, 3.63) is 87.4 Å². The summed E-state index contributed by atoms with van der Waals surface area (Å²) in [5.74, 6) is -0.259. The van der Waals surface area contributed by atoms with Gasteiger partial charge in [-0.05, 0) is 90.1 Å². The average Bonchev–Trinajstić information content (AvgIpc) is 3.50. The van der Waals surface area contributed by atoms with Gasteiger partial charge in [-0.2, -0.15) is 0 Å². The van der Waals surface area contributed by atoms with Gasteiger partial charge in [0.2, 0.25) is 11.8 Å². The zero-order valence-corrected chi connectivity index (χ0v) is 27.7. The van der Waals surface area contributed by atoms with Gasteiger partial charge >= 0.3 is 0 Å². The summed E-state index contributed by atoms with van der Waals surface area (Å²) >= 11 is 9.48. The molecule has 1 fully saturated rings. The second kappa shape index (κ2) is 14.6. The lowest BCUT2D eigenvalue weighted by Crippen LogP contribution is -2.53. The molecular formula is C32H37BrClN3O5S. The molecule has 11 heteroatoms. The first-order valence-corrected chi connectivity index (χ1v) is 16.9. The van der Waals surface area contributed by atoms with Gasteiger partial charge in [-0.3, -0.25) is 13.9 Å². The fourth-order valence-electron chi connectivity index (χ4n) is 5.25. The van der Waals surface area contributed by atoms with Crippen molar-refractivity contribution in [2.24, 2.45) is 0 Å². The molecule has 1 saturated carbocycles.